The Morgan fingerprint density at radius 3 is 2.68 bits per heavy atom. The van der Waals surface area contributed by atoms with Crippen LogP contribution in [0.25, 0.3) is 0 Å². The highest BCUT2D eigenvalue weighted by atomic mass is 35.5. The van der Waals surface area contributed by atoms with Crippen LogP contribution in [0.2, 0.25) is 0 Å². The van der Waals surface area contributed by atoms with Gasteiger partial charge in [0.15, 0.2) is 0 Å². The van der Waals surface area contributed by atoms with E-state index in [9.17, 15) is 4.79 Å². The molecule has 0 aromatic heterocycles. The average molecular weight is 292 g/mol. The molecule has 0 spiro atoms. The smallest absolute Gasteiger partial charge is 0.237 e. The van der Waals surface area contributed by atoms with E-state index in [2.05, 4.69) is 29.4 Å². The first-order chi connectivity index (χ1) is 8.58. The number of nitrogens with one attached hydrogen (secondary N) is 2. The van der Waals surface area contributed by atoms with Crippen molar-refractivity contribution < 1.29 is 4.79 Å². The zero-order chi connectivity index (χ0) is 13.5. The first-order valence-corrected chi connectivity index (χ1v) is 7.27. The Hall–Kier alpha value is -0.320. The molecule has 0 aromatic rings. The van der Waals surface area contributed by atoms with Crippen molar-refractivity contribution in [3.8, 4) is 0 Å². The quantitative estimate of drug-likeness (QED) is 0.782. The van der Waals surface area contributed by atoms with Crippen molar-refractivity contribution in [1.29, 1.82) is 0 Å². The van der Waals surface area contributed by atoms with Crippen molar-refractivity contribution >= 4 is 18.3 Å². The second kappa shape index (κ2) is 9.56. The summed E-state index contributed by atoms with van der Waals surface area (Å²) < 4.78 is 0. The summed E-state index contributed by atoms with van der Waals surface area (Å²) in [5, 5.41) is 6.32. The molecule has 0 saturated carbocycles. The van der Waals surface area contributed by atoms with Gasteiger partial charge in [-0.2, -0.15) is 0 Å². The van der Waals surface area contributed by atoms with Gasteiger partial charge in [0.25, 0.3) is 0 Å². The molecule has 5 heteroatoms. The third-order valence-corrected chi connectivity index (χ3v) is 3.97. The first-order valence-electron chi connectivity index (χ1n) is 7.27. The van der Waals surface area contributed by atoms with E-state index >= 15 is 0 Å². The van der Waals surface area contributed by atoms with Gasteiger partial charge in [-0.1, -0.05) is 6.92 Å². The summed E-state index contributed by atoms with van der Waals surface area (Å²) >= 11 is 0. The van der Waals surface area contributed by atoms with Crippen LogP contribution in [0.3, 0.4) is 0 Å². The minimum Gasteiger partial charge on any atom is -0.352 e. The summed E-state index contributed by atoms with van der Waals surface area (Å²) in [5.74, 6) is 0.858. The van der Waals surface area contributed by atoms with Gasteiger partial charge in [-0.15, -0.1) is 12.4 Å². The van der Waals surface area contributed by atoms with Gasteiger partial charge in [-0.3, -0.25) is 9.69 Å². The molecule has 1 aliphatic heterocycles. The lowest BCUT2D eigenvalue weighted by atomic mass is 9.96. The van der Waals surface area contributed by atoms with Gasteiger partial charge in [-0.25, -0.2) is 0 Å². The van der Waals surface area contributed by atoms with Crippen LogP contribution in [-0.4, -0.2) is 49.6 Å². The molecule has 0 aromatic carbocycles. The van der Waals surface area contributed by atoms with E-state index in [1.54, 1.807) is 0 Å². The second-order valence-electron chi connectivity index (χ2n) is 5.55. The number of likely N-dealkylation sites (tertiary alicyclic amines) is 1. The maximum absolute atomic E-state index is 12.1. The maximum atomic E-state index is 12.1. The number of carbonyl (C=O) groups is 1. The van der Waals surface area contributed by atoms with Crippen molar-refractivity contribution in [1.82, 2.24) is 15.5 Å². The summed E-state index contributed by atoms with van der Waals surface area (Å²) in [6.45, 7) is 9.32. The summed E-state index contributed by atoms with van der Waals surface area (Å²) in [7, 11) is 2.00. The van der Waals surface area contributed by atoms with E-state index in [0.717, 1.165) is 26.1 Å². The number of amides is 1. The number of halogens is 1. The Morgan fingerprint density at radius 2 is 2.11 bits per heavy atom. The molecule has 0 radical (unpaired) electrons. The SMILES string of the molecule is CCC(C)NC(=O)C(C)N1CCCC(CNC)C1.Cl. The Balaban J connectivity index is 0.00000324. The van der Waals surface area contributed by atoms with Crippen LogP contribution >= 0.6 is 12.4 Å². The number of hydrogen-bond donors (Lipinski definition) is 2. The molecule has 1 aliphatic rings. The van der Waals surface area contributed by atoms with Gasteiger partial charge in [0.05, 0.1) is 6.04 Å². The van der Waals surface area contributed by atoms with Crippen molar-refractivity contribution in [3.05, 3.63) is 0 Å². The molecule has 1 heterocycles. The molecule has 2 N–H and O–H groups in total. The second-order valence-corrected chi connectivity index (χ2v) is 5.55. The largest absolute Gasteiger partial charge is 0.352 e. The van der Waals surface area contributed by atoms with E-state index in [-0.39, 0.29) is 30.4 Å². The fourth-order valence-corrected chi connectivity index (χ4v) is 2.54. The fourth-order valence-electron chi connectivity index (χ4n) is 2.54. The lowest BCUT2D eigenvalue weighted by Gasteiger charge is -2.36. The maximum Gasteiger partial charge on any atom is 0.237 e. The molecule has 4 nitrogen and oxygen atoms in total. The summed E-state index contributed by atoms with van der Waals surface area (Å²) in [6, 6.07) is 0.275. The van der Waals surface area contributed by atoms with Gasteiger partial charge >= 0.3 is 0 Å². The molecule has 1 rings (SSSR count). The number of piperidine rings is 1. The molecule has 1 saturated heterocycles. The van der Waals surface area contributed by atoms with E-state index in [0.29, 0.717) is 5.92 Å². The third kappa shape index (κ3) is 6.11. The minimum absolute atomic E-state index is 0. The highest BCUT2D eigenvalue weighted by Crippen LogP contribution is 2.18. The third-order valence-electron chi connectivity index (χ3n) is 3.97. The summed E-state index contributed by atoms with van der Waals surface area (Å²) in [6.07, 6.45) is 3.46. The number of nitrogens with zero attached hydrogens (tertiary/aromatic N) is 1. The number of rotatable bonds is 6. The lowest BCUT2D eigenvalue weighted by Crippen LogP contribution is -2.51. The summed E-state index contributed by atoms with van der Waals surface area (Å²) in [4.78, 5) is 14.4. The van der Waals surface area contributed by atoms with Crippen LogP contribution < -0.4 is 10.6 Å². The molecule has 114 valence electrons. The highest BCUT2D eigenvalue weighted by Gasteiger charge is 2.27. The van der Waals surface area contributed by atoms with Crippen LogP contribution in [-0.2, 0) is 4.79 Å². The standard InChI is InChI=1S/C14H29N3O.ClH/c1-5-11(2)16-14(18)12(3)17-8-6-7-13(10-17)9-15-4;/h11-13,15H,5-10H2,1-4H3,(H,16,18);1H. The molecule has 1 amide bonds. The van der Waals surface area contributed by atoms with E-state index in [1.165, 1.54) is 12.8 Å². The van der Waals surface area contributed by atoms with Crippen molar-refractivity contribution in [2.75, 3.05) is 26.7 Å². The van der Waals surface area contributed by atoms with Crippen LogP contribution in [0.5, 0.6) is 0 Å². The number of hydrogen-bond acceptors (Lipinski definition) is 3. The lowest BCUT2D eigenvalue weighted by molar-refractivity contribution is -0.127. The molecular weight excluding hydrogens is 262 g/mol. The molecule has 0 bridgehead atoms. The Kier molecular flexibility index (Phi) is 9.40. The van der Waals surface area contributed by atoms with Crippen LogP contribution in [0.4, 0.5) is 0 Å². The van der Waals surface area contributed by atoms with Crippen molar-refractivity contribution in [2.45, 2.75) is 52.1 Å². The minimum atomic E-state index is -0.00124. The first kappa shape index (κ1) is 18.7. The van der Waals surface area contributed by atoms with Gasteiger partial charge in [-0.05, 0) is 59.2 Å². The Labute approximate surface area is 124 Å². The van der Waals surface area contributed by atoms with Crippen LogP contribution in [0.15, 0.2) is 0 Å². The highest BCUT2D eigenvalue weighted by molar-refractivity contribution is 5.85. The van der Waals surface area contributed by atoms with Crippen molar-refractivity contribution in [2.24, 2.45) is 5.92 Å². The van der Waals surface area contributed by atoms with Gasteiger partial charge in [0, 0.05) is 12.6 Å². The van der Waals surface area contributed by atoms with E-state index < -0.39 is 0 Å². The van der Waals surface area contributed by atoms with E-state index in [4.69, 9.17) is 0 Å². The zero-order valence-electron chi connectivity index (χ0n) is 12.7. The average Bonchev–Trinajstić information content (AvgIpc) is 2.38. The Bertz CT molecular complexity index is 261. The fraction of sp³-hybridized carbons (Fsp3) is 0.929. The summed E-state index contributed by atoms with van der Waals surface area (Å²) in [5.41, 5.74) is 0. The van der Waals surface area contributed by atoms with Gasteiger partial charge < -0.3 is 10.6 Å². The topological polar surface area (TPSA) is 44.4 Å². The monoisotopic (exact) mass is 291 g/mol. The van der Waals surface area contributed by atoms with Gasteiger partial charge in [0.1, 0.15) is 0 Å². The van der Waals surface area contributed by atoms with Crippen LogP contribution in [0.1, 0.15) is 40.0 Å². The zero-order valence-corrected chi connectivity index (χ0v) is 13.6. The predicted molar refractivity (Wildman–Crippen MR) is 82.8 cm³/mol. The molecule has 3 unspecified atom stereocenters. The molecular formula is C14H30ClN3O. The van der Waals surface area contributed by atoms with Gasteiger partial charge in [0.2, 0.25) is 5.91 Å². The normalized spacial score (nSPS) is 23.3. The van der Waals surface area contributed by atoms with E-state index in [1.807, 2.05) is 14.0 Å². The predicted octanol–water partition coefficient (Wildman–Crippen LogP) is 1.64. The Morgan fingerprint density at radius 1 is 1.42 bits per heavy atom. The molecule has 3 atom stereocenters. The number of carbonyl (C=O) groups excluding carboxylic acids is 1. The molecule has 19 heavy (non-hydrogen) atoms. The molecule has 1 fully saturated rings. The molecule has 0 aliphatic carbocycles. The van der Waals surface area contributed by atoms with Crippen LogP contribution in [0, 0.1) is 5.92 Å². The van der Waals surface area contributed by atoms with Crippen molar-refractivity contribution in [3.63, 3.8) is 0 Å².